The Balaban J connectivity index is 5.22. The average molecular weight is 1510 g/mol. The minimum atomic E-state index is -4.96. The van der Waals surface area contributed by atoms with Crippen molar-refractivity contribution in [2.75, 3.05) is 39.6 Å². The number of carbonyl (C=O) groups is 4. The van der Waals surface area contributed by atoms with E-state index in [1.54, 1.807) is 0 Å². The van der Waals surface area contributed by atoms with E-state index in [4.69, 9.17) is 37.0 Å². The molecule has 0 saturated carbocycles. The molecular weight excluding hydrogens is 1340 g/mol. The minimum absolute atomic E-state index is 0.108. The first-order valence-corrected chi connectivity index (χ1v) is 46.8. The third kappa shape index (κ3) is 78.0. The molecule has 0 heterocycles. The third-order valence-electron chi connectivity index (χ3n) is 19.9. The second-order valence-corrected chi connectivity index (χ2v) is 33.1. The molecule has 0 aliphatic heterocycles. The van der Waals surface area contributed by atoms with Gasteiger partial charge in [-0.05, 0) is 25.7 Å². The molecule has 3 N–H and O–H groups in total. The number of unbranched alkanes of at least 4 members (excludes halogenated alkanes) is 59. The van der Waals surface area contributed by atoms with E-state index in [0.717, 1.165) is 89.9 Å². The van der Waals surface area contributed by atoms with Crippen LogP contribution in [-0.4, -0.2) is 96.7 Å². The lowest BCUT2D eigenvalue weighted by atomic mass is 10.0. The number of phosphoric acid groups is 2. The van der Waals surface area contributed by atoms with E-state index in [2.05, 4.69) is 27.7 Å². The maximum absolute atomic E-state index is 13.1. The van der Waals surface area contributed by atoms with E-state index in [9.17, 15) is 43.2 Å². The van der Waals surface area contributed by atoms with Crippen LogP contribution in [0.2, 0.25) is 0 Å². The second-order valence-electron chi connectivity index (χ2n) is 30.2. The summed E-state index contributed by atoms with van der Waals surface area (Å²) in [6.45, 7) is 5.04. The molecule has 0 aromatic carbocycles. The van der Waals surface area contributed by atoms with Crippen LogP contribution in [0.3, 0.4) is 0 Å². The van der Waals surface area contributed by atoms with Gasteiger partial charge in [0.2, 0.25) is 0 Å². The molecule has 2 unspecified atom stereocenters. The fraction of sp³-hybridized carbons (Fsp3) is 0.952. The van der Waals surface area contributed by atoms with Crippen molar-refractivity contribution in [2.45, 2.75) is 476 Å². The van der Waals surface area contributed by atoms with E-state index in [-0.39, 0.29) is 25.7 Å². The quantitative estimate of drug-likeness (QED) is 0.0222. The van der Waals surface area contributed by atoms with Crippen molar-refractivity contribution >= 4 is 39.5 Å². The van der Waals surface area contributed by atoms with Crippen LogP contribution in [-0.2, 0) is 65.4 Å². The largest absolute Gasteiger partial charge is 0.472 e. The van der Waals surface area contributed by atoms with Crippen LogP contribution in [0, 0.1) is 0 Å². The fourth-order valence-electron chi connectivity index (χ4n) is 13.2. The van der Waals surface area contributed by atoms with Crippen molar-refractivity contribution in [3.05, 3.63) is 0 Å². The maximum atomic E-state index is 13.1. The zero-order valence-electron chi connectivity index (χ0n) is 67.3. The summed E-state index contributed by atoms with van der Waals surface area (Å²) in [5.41, 5.74) is 0. The van der Waals surface area contributed by atoms with Gasteiger partial charge < -0.3 is 33.8 Å². The van der Waals surface area contributed by atoms with Crippen LogP contribution in [0.5, 0.6) is 0 Å². The number of phosphoric ester groups is 2. The number of aliphatic hydroxyl groups is 1. The van der Waals surface area contributed by atoms with Crippen LogP contribution in [0.4, 0.5) is 0 Å². The molecule has 0 aromatic rings. The van der Waals surface area contributed by atoms with Crippen molar-refractivity contribution in [1.29, 1.82) is 0 Å². The zero-order valence-corrected chi connectivity index (χ0v) is 69.1. The molecule has 0 spiro atoms. The average Bonchev–Trinajstić information content (AvgIpc) is 0.975. The van der Waals surface area contributed by atoms with Crippen LogP contribution >= 0.6 is 15.6 Å². The lowest BCUT2D eigenvalue weighted by Crippen LogP contribution is -2.30. The highest BCUT2D eigenvalue weighted by Gasteiger charge is 2.30. The highest BCUT2D eigenvalue weighted by atomic mass is 31.2. The smallest absolute Gasteiger partial charge is 0.462 e. The van der Waals surface area contributed by atoms with E-state index in [0.29, 0.717) is 25.7 Å². The van der Waals surface area contributed by atoms with E-state index >= 15 is 0 Å². The number of carbonyl (C=O) groups excluding carboxylic acids is 4. The molecule has 612 valence electrons. The Labute approximate surface area is 632 Å². The molecule has 17 nitrogen and oxygen atoms in total. The normalized spacial score (nSPS) is 13.7. The first-order valence-electron chi connectivity index (χ1n) is 43.8. The van der Waals surface area contributed by atoms with Crippen LogP contribution < -0.4 is 0 Å². The molecule has 19 heteroatoms. The summed E-state index contributed by atoms with van der Waals surface area (Å²) < 4.78 is 68.8. The monoisotopic (exact) mass is 1510 g/mol. The lowest BCUT2D eigenvalue weighted by molar-refractivity contribution is -0.161. The molecule has 0 aliphatic rings. The summed E-state index contributed by atoms with van der Waals surface area (Å²) in [5.74, 6) is -2.10. The number of esters is 4. The van der Waals surface area contributed by atoms with Gasteiger partial charge in [0, 0.05) is 25.7 Å². The number of hydrogen-bond donors (Lipinski definition) is 3. The van der Waals surface area contributed by atoms with E-state index < -0.39 is 97.5 Å². The van der Waals surface area contributed by atoms with Gasteiger partial charge in [0.25, 0.3) is 0 Å². The lowest BCUT2D eigenvalue weighted by Gasteiger charge is -2.21. The molecule has 0 radical (unpaired) electrons. The summed E-state index contributed by atoms with van der Waals surface area (Å²) in [7, 11) is -9.92. The van der Waals surface area contributed by atoms with Gasteiger partial charge in [-0.1, -0.05) is 407 Å². The Kier molecular flexibility index (Phi) is 76.7. The molecule has 103 heavy (non-hydrogen) atoms. The van der Waals surface area contributed by atoms with Crippen LogP contribution in [0.25, 0.3) is 0 Å². The second kappa shape index (κ2) is 78.2. The number of ether oxygens (including phenoxy) is 4. The number of aliphatic hydroxyl groups excluding tert-OH is 1. The van der Waals surface area contributed by atoms with Crippen molar-refractivity contribution in [3.63, 3.8) is 0 Å². The minimum Gasteiger partial charge on any atom is -0.462 e. The van der Waals surface area contributed by atoms with Gasteiger partial charge in [0.1, 0.15) is 19.3 Å². The SMILES string of the molecule is CCCCCCCCCCCCCCCCCCCCCCCC(=O)O[C@H](COC(=O)CCCCCCCCCCCCCCCCCCCC)COP(=O)(O)OC[C@@H](O)COP(=O)(O)OC[C@@H](COC(=O)CCCCCCCCCCCCCC)OC(=O)CCCCCCCCCCCCCC. The Morgan fingerprint density at radius 2 is 0.388 bits per heavy atom. The van der Waals surface area contributed by atoms with Crippen molar-refractivity contribution in [3.8, 4) is 0 Å². The Morgan fingerprint density at radius 1 is 0.233 bits per heavy atom. The molecular formula is C84H164O17P2. The van der Waals surface area contributed by atoms with Gasteiger partial charge >= 0.3 is 39.5 Å². The molecule has 0 saturated heterocycles. The summed E-state index contributed by atoms with van der Waals surface area (Å²) in [6.07, 6.45) is 72.2. The topological polar surface area (TPSA) is 237 Å². The summed E-state index contributed by atoms with van der Waals surface area (Å²) >= 11 is 0. The van der Waals surface area contributed by atoms with E-state index in [1.165, 1.54) is 289 Å². The Morgan fingerprint density at radius 3 is 0.573 bits per heavy atom. The maximum Gasteiger partial charge on any atom is 0.472 e. The van der Waals surface area contributed by atoms with Gasteiger partial charge in [0.15, 0.2) is 12.2 Å². The molecule has 0 amide bonds. The van der Waals surface area contributed by atoms with Crippen molar-refractivity contribution in [2.24, 2.45) is 0 Å². The Bertz CT molecular complexity index is 1950. The number of rotatable bonds is 85. The summed E-state index contributed by atoms with van der Waals surface area (Å²) in [6, 6.07) is 0. The fourth-order valence-corrected chi connectivity index (χ4v) is 14.7. The molecule has 0 aliphatic carbocycles. The zero-order chi connectivity index (χ0) is 75.3. The standard InChI is InChI=1S/C84H164O17P2/c1-5-9-13-17-21-25-29-33-35-37-39-40-41-43-45-47-51-55-59-63-67-71-84(89)101-80(75-95-82(87)69-65-61-57-53-50-46-44-42-38-36-34-30-26-22-18-14-10-6-2)77-99-103(92,93)97-73-78(85)72-96-102(90,91)98-76-79(100-83(88)70-66-62-58-54-49-32-28-24-20-16-12-8-4)74-94-81(86)68-64-60-56-52-48-31-27-23-19-15-11-7-3/h78-80,85H,5-77H2,1-4H3,(H,90,91)(H,92,93)/t78-,79+,80+/m0/s1. The first kappa shape index (κ1) is 101. The third-order valence-corrected chi connectivity index (χ3v) is 21.8. The summed E-state index contributed by atoms with van der Waals surface area (Å²) in [4.78, 5) is 73.1. The van der Waals surface area contributed by atoms with E-state index in [1.807, 2.05) is 0 Å². The molecule has 0 aromatic heterocycles. The first-order chi connectivity index (χ1) is 50.2. The molecule has 5 atom stereocenters. The molecule has 0 bridgehead atoms. The predicted molar refractivity (Wildman–Crippen MR) is 423 cm³/mol. The van der Waals surface area contributed by atoms with Crippen molar-refractivity contribution < 1.29 is 80.2 Å². The number of hydrogen-bond acceptors (Lipinski definition) is 15. The van der Waals surface area contributed by atoms with Crippen LogP contribution in [0.15, 0.2) is 0 Å². The van der Waals surface area contributed by atoms with Gasteiger partial charge in [-0.2, -0.15) is 0 Å². The Hall–Kier alpha value is -1.94. The molecule has 0 rings (SSSR count). The molecule has 0 fully saturated rings. The van der Waals surface area contributed by atoms with Gasteiger partial charge in [0.05, 0.1) is 26.4 Å². The van der Waals surface area contributed by atoms with Crippen LogP contribution in [0.1, 0.15) is 458 Å². The van der Waals surface area contributed by atoms with Gasteiger partial charge in [-0.15, -0.1) is 0 Å². The van der Waals surface area contributed by atoms with Gasteiger partial charge in [-0.25, -0.2) is 9.13 Å². The van der Waals surface area contributed by atoms with Crippen molar-refractivity contribution in [1.82, 2.24) is 0 Å². The highest BCUT2D eigenvalue weighted by Crippen LogP contribution is 2.45. The predicted octanol–water partition coefficient (Wildman–Crippen LogP) is 25.7. The summed E-state index contributed by atoms with van der Waals surface area (Å²) in [5, 5.41) is 10.7. The highest BCUT2D eigenvalue weighted by molar-refractivity contribution is 7.47. The van der Waals surface area contributed by atoms with Gasteiger partial charge in [-0.3, -0.25) is 37.3 Å².